The van der Waals surface area contributed by atoms with Gasteiger partial charge in [-0.05, 0) is 32.4 Å². The lowest BCUT2D eigenvalue weighted by molar-refractivity contribution is -0.386. The van der Waals surface area contributed by atoms with Crippen molar-refractivity contribution in [3.8, 4) is 5.75 Å². The molecule has 0 saturated heterocycles. The number of hydrogen-bond donors (Lipinski definition) is 0. The fourth-order valence-electron chi connectivity index (χ4n) is 1.57. The van der Waals surface area contributed by atoms with E-state index < -0.39 is 4.92 Å². The summed E-state index contributed by atoms with van der Waals surface area (Å²) in [6, 6.07) is 3.16. The summed E-state index contributed by atoms with van der Waals surface area (Å²) >= 11 is 0. The zero-order valence-electron chi connectivity index (χ0n) is 9.44. The molecule has 0 saturated carbocycles. The predicted molar refractivity (Wildman–Crippen MR) is 59.0 cm³/mol. The van der Waals surface area contributed by atoms with Gasteiger partial charge in [0.25, 0.3) is 0 Å². The van der Waals surface area contributed by atoms with Crippen molar-refractivity contribution in [2.75, 3.05) is 6.61 Å². The van der Waals surface area contributed by atoms with Gasteiger partial charge in [0.2, 0.25) is 0 Å². The van der Waals surface area contributed by atoms with Gasteiger partial charge in [0, 0.05) is 0 Å². The van der Waals surface area contributed by atoms with E-state index in [4.69, 9.17) is 4.74 Å². The first kappa shape index (κ1) is 12.2. The number of carbonyl (C=O) groups excluding carboxylic acids is 1. The number of rotatable bonds is 4. The summed E-state index contributed by atoms with van der Waals surface area (Å²) < 4.78 is 5.15. The number of ketones is 1. The van der Waals surface area contributed by atoms with E-state index in [1.807, 2.05) is 0 Å². The van der Waals surface area contributed by atoms with Crippen LogP contribution in [0.25, 0.3) is 0 Å². The van der Waals surface area contributed by atoms with E-state index in [-0.39, 0.29) is 22.8 Å². The molecule has 0 atom stereocenters. The zero-order chi connectivity index (χ0) is 12.3. The molecule has 0 spiro atoms. The molecular weight excluding hydrogens is 210 g/mol. The van der Waals surface area contributed by atoms with Crippen LogP contribution in [0.3, 0.4) is 0 Å². The van der Waals surface area contributed by atoms with Gasteiger partial charge in [-0.2, -0.15) is 0 Å². The van der Waals surface area contributed by atoms with Crippen LogP contribution in [0.1, 0.15) is 29.8 Å². The Bertz CT molecular complexity index is 440. The summed E-state index contributed by atoms with van der Waals surface area (Å²) in [5.74, 6) is -0.186. The first-order valence-electron chi connectivity index (χ1n) is 4.90. The average Bonchev–Trinajstić information content (AvgIpc) is 2.19. The minimum absolute atomic E-state index is 0.121. The summed E-state index contributed by atoms with van der Waals surface area (Å²) in [4.78, 5) is 21.8. The molecule has 0 unspecified atom stereocenters. The lowest BCUT2D eigenvalue weighted by Gasteiger charge is -2.08. The number of nitro benzene ring substituents is 1. The largest absolute Gasteiger partial charge is 0.487 e. The van der Waals surface area contributed by atoms with Crippen LogP contribution >= 0.6 is 0 Å². The normalized spacial score (nSPS) is 9.94. The Morgan fingerprint density at radius 2 is 2.12 bits per heavy atom. The molecule has 5 heteroatoms. The first-order chi connectivity index (χ1) is 7.49. The molecule has 0 heterocycles. The molecule has 0 aliphatic rings. The Balaban J connectivity index is 3.49. The molecule has 0 radical (unpaired) electrons. The molecule has 1 aromatic carbocycles. The Morgan fingerprint density at radius 3 is 2.56 bits per heavy atom. The molecule has 86 valence electrons. The van der Waals surface area contributed by atoms with Gasteiger partial charge in [0.15, 0.2) is 11.5 Å². The molecule has 0 aromatic heterocycles. The minimum atomic E-state index is -0.575. The van der Waals surface area contributed by atoms with Crippen LogP contribution < -0.4 is 4.74 Å². The van der Waals surface area contributed by atoms with Crippen LogP contribution in [0.4, 0.5) is 5.69 Å². The fraction of sp³-hybridized carbons (Fsp3) is 0.364. The molecule has 1 rings (SSSR count). The highest BCUT2D eigenvalue weighted by Crippen LogP contribution is 2.33. The van der Waals surface area contributed by atoms with Crippen LogP contribution in [0.5, 0.6) is 5.75 Å². The smallest absolute Gasteiger partial charge is 0.321 e. The van der Waals surface area contributed by atoms with Crippen molar-refractivity contribution in [3.05, 3.63) is 33.4 Å². The molecular formula is C11H13NO4. The lowest BCUT2D eigenvalue weighted by Crippen LogP contribution is -2.06. The van der Waals surface area contributed by atoms with Crippen molar-refractivity contribution in [2.24, 2.45) is 0 Å². The summed E-state index contributed by atoms with van der Waals surface area (Å²) in [6.07, 6.45) is 0. The number of nitro groups is 1. The maximum atomic E-state index is 11.4. The minimum Gasteiger partial charge on any atom is -0.487 e. The summed E-state index contributed by atoms with van der Waals surface area (Å²) in [5, 5.41) is 10.9. The maximum Gasteiger partial charge on any atom is 0.321 e. The number of nitrogens with zero attached hydrogens (tertiary/aromatic N) is 1. The third-order valence-corrected chi connectivity index (χ3v) is 2.18. The van der Waals surface area contributed by atoms with Crippen molar-refractivity contribution >= 4 is 11.5 Å². The van der Waals surface area contributed by atoms with Gasteiger partial charge in [-0.15, -0.1) is 0 Å². The summed E-state index contributed by atoms with van der Waals surface area (Å²) in [7, 11) is 0. The van der Waals surface area contributed by atoms with Crippen molar-refractivity contribution in [1.29, 1.82) is 0 Å². The molecule has 0 N–H and O–H groups in total. The number of carbonyl (C=O) groups is 1. The number of ether oxygens (including phenoxy) is 1. The molecule has 0 aliphatic carbocycles. The summed E-state index contributed by atoms with van der Waals surface area (Å²) in [5.41, 5.74) is 0.466. The summed E-state index contributed by atoms with van der Waals surface area (Å²) in [6.45, 7) is 5.03. The second kappa shape index (κ2) is 4.74. The third-order valence-electron chi connectivity index (χ3n) is 2.18. The number of benzene rings is 1. The zero-order valence-corrected chi connectivity index (χ0v) is 9.44. The van der Waals surface area contributed by atoms with E-state index in [1.54, 1.807) is 19.9 Å². The van der Waals surface area contributed by atoms with E-state index in [0.717, 1.165) is 0 Å². The highest BCUT2D eigenvalue weighted by atomic mass is 16.6. The fourth-order valence-corrected chi connectivity index (χ4v) is 1.57. The Morgan fingerprint density at radius 1 is 1.50 bits per heavy atom. The Hall–Kier alpha value is -1.91. The third kappa shape index (κ3) is 2.18. The van der Waals surface area contributed by atoms with E-state index in [0.29, 0.717) is 12.2 Å². The second-order valence-electron chi connectivity index (χ2n) is 3.35. The van der Waals surface area contributed by atoms with Crippen LogP contribution in [-0.4, -0.2) is 17.3 Å². The highest BCUT2D eigenvalue weighted by molar-refractivity contribution is 6.00. The van der Waals surface area contributed by atoms with Crippen LogP contribution in [-0.2, 0) is 0 Å². The van der Waals surface area contributed by atoms with E-state index in [2.05, 4.69) is 0 Å². The quantitative estimate of drug-likeness (QED) is 0.446. The van der Waals surface area contributed by atoms with Crippen LogP contribution in [0.2, 0.25) is 0 Å². The predicted octanol–water partition coefficient (Wildman–Crippen LogP) is 2.50. The Kier molecular flexibility index (Phi) is 3.60. The van der Waals surface area contributed by atoms with Gasteiger partial charge in [-0.1, -0.05) is 6.07 Å². The average molecular weight is 223 g/mol. The molecule has 0 bridgehead atoms. The first-order valence-corrected chi connectivity index (χ1v) is 4.90. The topological polar surface area (TPSA) is 69.4 Å². The van der Waals surface area contributed by atoms with Gasteiger partial charge in [0.05, 0.1) is 11.5 Å². The van der Waals surface area contributed by atoms with Crippen molar-refractivity contribution in [1.82, 2.24) is 0 Å². The van der Waals surface area contributed by atoms with Gasteiger partial charge >= 0.3 is 5.69 Å². The monoisotopic (exact) mass is 223 g/mol. The van der Waals surface area contributed by atoms with E-state index in [9.17, 15) is 14.9 Å². The standard InChI is InChI=1S/C11H13NO4/c1-4-16-9-6-5-7(2)10(8(3)13)11(9)12(14)15/h5-6H,4H2,1-3H3. The Labute approximate surface area is 93.2 Å². The molecule has 16 heavy (non-hydrogen) atoms. The maximum absolute atomic E-state index is 11.4. The van der Waals surface area contributed by atoms with Gasteiger partial charge in [-0.25, -0.2) is 0 Å². The molecule has 5 nitrogen and oxygen atoms in total. The lowest BCUT2D eigenvalue weighted by atomic mass is 10.0. The number of hydrogen-bond acceptors (Lipinski definition) is 4. The van der Waals surface area contributed by atoms with Crippen molar-refractivity contribution in [3.63, 3.8) is 0 Å². The van der Waals surface area contributed by atoms with Gasteiger partial charge in [0.1, 0.15) is 5.56 Å². The molecule has 0 aliphatic heterocycles. The van der Waals surface area contributed by atoms with Crippen LogP contribution in [0, 0.1) is 17.0 Å². The molecule has 0 amide bonds. The molecule has 0 fully saturated rings. The number of Topliss-reactive ketones (excluding diaryl/α,β-unsaturated/α-hetero) is 1. The van der Waals surface area contributed by atoms with Gasteiger partial charge < -0.3 is 4.74 Å². The SMILES string of the molecule is CCOc1ccc(C)c(C(C)=O)c1[N+](=O)[O-]. The van der Waals surface area contributed by atoms with E-state index in [1.165, 1.54) is 13.0 Å². The molecule has 1 aromatic rings. The van der Waals surface area contributed by atoms with E-state index >= 15 is 0 Å². The van der Waals surface area contributed by atoms with Crippen molar-refractivity contribution < 1.29 is 14.5 Å². The second-order valence-corrected chi connectivity index (χ2v) is 3.35. The van der Waals surface area contributed by atoms with Gasteiger partial charge in [-0.3, -0.25) is 14.9 Å². The highest BCUT2D eigenvalue weighted by Gasteiger charge is 2.25. The van der Waals surface area contributed by atoms with Crippen LogP contribution in [0.15, 0.2) is 12.1 Å². The number of aryl methyl sites for hydroxylation is 1. The van der Waals surface area contributed by atoms with Crippen molar-refractivity contribution in [2.45, 2.75) is 20.8 Å².